The Balaban J connectivity index is 1.93. The summed E-state index contributed by atoms with van der Waals surface area (Å²) in [7, 11) is 3.25. The number of hydrogen-bond acceptors (Lipinski definition) is 5. The van der Waals surface area contributed by atoms with Crippen molar-refractivity contribution in [1.82, 2.24) is 10.2 Å². The molecule has 7 nitrogen and oxygen atoms in total. The van der Waals surface area contributed by atoms with E-state index in [0.717, 1.165) is 16.7 Å². The zero-order valence-corrected chi connectivity index (χ0v) is 16.9. The van der Waals surface area contributed by atoms with Gasteiger partial charge in [-0.3, -0.25) is 15.0 Å². The molecule has 3 amide bonds. The Bertz CT molecular complexity index is 867. The number of nitrogens with zero attached hydrogens (tertiary/aromatic N) is 1. The summed E-state index contributed by atoms with van der Waals surface area (Å²) in [6.07, 6.45) is 0. The fourth-order valence-corrected chi connectivity index (χ4v) is 2.78. The number of ether oxygens (including phenoxy) is 1. The lowest BCUT2D eigenvalue weighted by atomic mass is 10.1. The molecule has 0 aliphatic carbocycles. The first-order valence-corrected chi connectivity index (χ1v) is 8.96. The SMILES string of the molecule is COc1ccc(CN(C)C(C)C(=O)NC(=O)Nc2ccc(C)cc2C)cc1O. The number of phenolic OH excluding ortho intramolecular Hbond substituents is 1. The van der Waals surface area contributed by atoms with Gasteiger partial charge in [0.15, 0.2) is 11.5 Å². The average Bonchev–Trinajstić information content (AvgIpc) is 2.63. The van der Waals surface area contributed by atoms with Crippen LogP contribution in [0, 0.1) is 13.8 Å². The highest BCUT2D eigenvalue weighted by molar-refractivity contribution is 6.03. The molecule has 28 heavy (non-hydrogen) atoms. The van der Waals surface area contributed by atoms with Gasteiger partial charge in [0, 0.05) is 12.2 Å². The van der Waals surface area contributed by atoms with E-state index in [2.05, 4.69) is 10.6 Å². The molecule has 0 aliphatic rings. The first-order valence-electron chi connectivity index (χ1n) is 8.96. The van der Waals surface area contributed by atoms with Gasteiger partial charge in [-0.2, -0.15) is 0 Å². The highest BCUT2D eigenvalue weighted by Gasteiger charge is 2.21. The molecule has 0 spiro atoms. The third-order valence-corrected chi connectivity index (χ3v) is 4.58. The van der Waals surface area contributed by atoms with Crippen molar-refractivity contribution in [3.05, 3.63) is 53.1 Å². The molecule has 7 heteroatoms. The van der Waals surface area contributed by atoms with Gasteiger partial charge in [-0.15, -0.1) is 0 Å². The molecule has 2 aromatic carbocycles. The monoisotopic (exact) mass is 385 g/mol. The Kier molecular flexibility index (Phi) is 7.00. The second-order valence-electron chi connectivity index (χ2n) is 6.86. The lowest BCUT2D eigenvalue weighted by molar-refractivity contribution is -0.124. The van der Waals surface area contributed by atoms with E-state index in [1.165, 1.54) is 7.11 Å². The van der Waals surface area contributed by atoms with Gasteiger partial charge in [-0.25, -0.2) is 4.79 Å². The van der Waals surface area contributed by atoms with Crippen molar-refractivity contribution in [1.29, 1.82) is 0 Å². The average molecular weight is 385 g/mol. The van der Waals surface area contributed by atoms with E-state index in [9.17, 15) is 14.7 Å². The molecule has 0 aliphatic heterocycles. The molecule has 1 atom stereocenters. The van der Waals surface area contributed by atoms with Crippen molar-refractivity contribution in [3.63, 3.8) is 0 Å². The van der Waals surface area contributed by atoms with E-state index in [0.29, 0.717) is 18.0 Å². The number of aryl methyl sites for hydroxylation is 2. The van der Waals surface area contributed by atoms with Crippen LogP contribution in [-0.4, -0.2) is 42.1 Å². The van der Waals surface area contributed by atoms with Crippen molar-refractivity contribution in [2.24, 2.45) is 0 Å². The fraction of sp³-hybridized carbons (Fsp3) is 0.333. The van der Waals surface area contributed by atoms with Crippen molar-refractivity contribution in [3.8, 4) is 11.5 Å². The number of methoxy groups -OCH3 is 1. The van der Waals surface area contributed by atoms with E-state index >= 15 is 0 Å². The lowest BCUT2D eigenvalue weighted by Crippen LogP contribution is -2.46. The van der Waals surface area contributed by atoms with Crippen LogP contribution in [0.5, 0.6) is 11.5 Å². The minimum absolute atomic E-state index is 0.0401. The number of aromatic hydroxyl groups is 1. The Labute approximate surface area is 165 Å². The van der Waals surface area contributed by atoms with Crippen LogP contribution >= 0.6 is 0 Å². The summed E-state index contributed by atoms with van der Waals surface area (Å²) in [5.74, 6) is 0.0149. The Morgan fingerprint density at radius 2 is 1.89 bits per heavy atom. The van der Waals surface area contributed by atoms with Crippen LogP contribution in [0.25, 0.3) is 0 Å². The number of benzene rings is 2. The lowest BCUT2D eigenvalue weighted by Gasteiger charge is -2.24. The molecule has 2 aromatic rings. The van der Waals surface area contributed by atoms with Crippen LogP contribution in [-0.2, 0) is 11.3 Å². The maximum atomic E-state index is 12.4. The Morgan fingerprint density at radius 1 is 1.18 bits per heavy atom. The summed E-state index contributed by atoms with van der Waals surface area (Å²) in [6, 6.07) is 9.61. The van der Waals surface area contributed by atoms with Crippen LogP contribution in [0.1, 0.15) is 23.6 Å². The molecule has 0 heterocycles. The summed E-state index contributed by atoms with van der Waals surface area (Å²) < 4.78 is 5.03. The number of urea groups is 1. The molecule has 150 valence electrons. The first kappa shape index (κ1) is 21.2. The third kappa shape index (κ3) is 5.47. The summed E-state index contributed by atoms with van der Waals surface area (Å²) >= 11 is 0. The fourth-order valence-electron chi connectivity index (χ4n) is 2.78. The number of hydrogen-bond donors (Lipinski definition) is 3. The summed E-state index contributed by atoms with van der Waals surface area (Å²) in [4.78, 5) is 26.3. The van der Waals surface area contributed by atoms with Gasteiger partial charge in [0.1, 0.15) is 0 Å². The van der Waals surface area contributed by atoms with Crippen LogP contribution in [0.3, 0.4) is 0 Å². The van der Waals surface area contributed by atoms with E-state index in [1.807, 2.05) is 32.0 Å². The molecule has 0 radical (unpaired) electrons. The predicted molar refractivity (Wildman–Crippen MR) is 109 cm³/mol. The van der Waals surface area contributed by atoms with Gasteiger partial charge in [-0.1, -0.05) is 23.8 Å². The first-order chi connectivity index (χ1) is 13.2. The van der Waals surface area contributed by atoms with Crippen LogP contribution in [0.4, 0.5) is 10.5 Å². The Hall–Kier alpha value is -3.06. The number of nitrogens with one attached hydrogen (secondary N) is 2. The summed E-state index contributed by atoms with van der Waals surface area (Å²) in [6.45, 7) is 6.00. The number of likely N-dealkylation sites (N-methyl/N-ethyl adjacent to an activating group) is 1. The highest BCUT2D eigenvalue weighted by Crippen LogP contribution is 2.26. The van der Waals surface area contributed by atoms with Crippen LogP contribution < -0.4 is 15.4 Å². The molecule has 0 fully saturated rings. The topological polar surface area (TPSA) is 90.9 Å². The van der Waals surface area contributed by atoms with Gasteiger partial charge < -0.3 is 15.2 Å². The number of amides is 3. The molecule has 3 N–H and O–H groups in total. The Morgan fingerprint density at radius 3 is 2.50 bits per heavy atom. The minimum atomic E-state index is -0.570. The standard InChI is InChI=1S/C21H27N3O4/c1-13-6-8-17(14(2)10-13)22-21(27)23-20(26)15(3)24(4)12-16-7-9-19(28-5)18(25)11-16/h6-11,15,25H,12H2,1-5H3,(H2,22,23,26,27). The zero-order valence-electron chi connectivity index (χ0n) is 16.9. The van der Waals surface area contributed by atoms with Gasteiger partial charge in [0.2, 0.25) is 5.91 Å². The van der Waals surface area contributed by atoms with Crippen LogP contribution in [0.15, 0.2) is 36.4 Å². The second kappa shape index (κ2) is 9.23. The van der Waals surface area contributed by atoms with Crippen molar-refractivity contribution in [2.45, 2.75) is 33.4 Å². The third-order valence-electron chi connectivity index (χ3n) is 4.58. The molecule has 0 bridgehead atoms. The predicted octanol–water partition coefficient (Wildman–Crippen LogP) is 3.19. The molecule has 0 aromatic heterocycles. The summed E-state index contributed by atoms with van der Waals surface area (Å²) in [5, 5.41) is 14.9. The zero-order chi connectivity index (χ0) is 20.8. The largest absolute Gasteiger partial charge is 0.504 e. The maximum Gasteiger partial charge on any atom is 0.325 e. The maximum absolute atomic E-state index is 12.4. The normalized spacial score (nSPS) is 11.8. The van der Waals surface area contributed by atoms with Gasteiger partial charge in [0.25, 0.3) is 0 Å². The molecular weight excluding hydrogens is 358 g/mol. The van der Waals surface area contributed by atoms with Crippen LogP contribution in [0.2, 0.25) is 0 Å². The number of imide groups is 1. The quantitative estimate of drug-likeness (QED) is 0.710. The second-order valence-corrected chi connectivity index (χ2v) is 6.86. The van der Waals surface area contributed by atoms with Crippen molar-refractivity contribution < 1.29 is 19.4 Å². The summed E-state index contributed by atoms with van der Waals surface area (Å²) in [5.41, 5.74) is 3.50. The van der Waals surface area contributed by atoms with Gasteiger partial charge in [-0.05, 0) is 57.1 Å². The highest BCUT2D eigenvalue weighted by atomic mass is 16.5. The van der Waals surface area contributed by atoms with E-state index < -0.39 is 18.0 Å². The molecular formula is C21H27N3O4. The van der Waals surface area contributed by atoms with Crippen molar-refractivity contribution >= 4 is 17.6 Å². The van der Waals surface area contributed by atoms with E-state index in [4.69, 9.17) is 4.74 Å². The molecule has 0 saturated heterocycles. The number of anilines is 1. The molecule has 1 unspecified atom stereocenters. The number of carbonyl (C=O) groups is 2. The minimum Gasteiger partial charge on any atom is -0.504 e. The number of carbonyl (C=O) groups excluding carboxylic acids is 2. The van der Waals surface area contributed by atoms with Gasteiger partial charge >= 0.3 is 6.03 Å². The molecule has 0 saturated carbocycles. The van der Waals surface area contributed by atoms with Crippen molar-refractivity contribution in [2.75, 3.05) is 19.5 Å². The number of phenols is 1. The van der Waals surface area contributed by atoms with E-state index in [-0.39, 0.29) is 5.75 Å². The molecule has 2 rings (SSSR count). The van der Waals surface area contributed by atoms with E-state index in [1.54, 1.807) is 37.1 Å². The van der Waals surface area contributed by atoms with Gasteiger partial charge in [0.05, 0.1) is 13.2 Å². The smallest absolute Gasteiger partial charge is 0.325 e. The number of rotatable bonds is 6.